The van der Waals surface area contributed by atoms with Gasteiger partial charge in [0.2, 0.25) is 0 Å². The van der Waals surface area contributed by atoms with Gasteiger partial charge in [-0.2, -0.15) is 5.10 Å². The van der Waals surface area contributed by atoms with Gasteiger partial charge in [0.1, 0.15) is 0 Å². The molecule has 1 aliphatic rings. The summed E-state index contributed by atoms with van der Waals surface area (Å²) in [4.78, 5) is 11.8. The highest BCUT2D eigenvalue weighted by molar-refractivity contribution is 6.53. The maximum atomic E-state index is 11.8. The molecule has 1 amide bonds. The number of nitrogens with zero attached hydrogens (tertiary/aromatic N) is 2. The average Bonchev–Trinajstić information content (AvgIpc) is 2.77. The third kappa shape index (κ3) is 2.82. The van der Waals surface area contributed by atoms with Crippen LogP contribution in [0.3, 0.4) is 0 Å². The van der Waals surface area contributed by atoms with Crippen LogP contribution in [-0.4, -0.2) is 17.8 Å². The Morgan fingerprint density at radius 3 is 2.71 bits per heavy atom. The van der Waals surface area contributed by atoms with Crippen LogP contribution in [0.5, 0.6) is 0 Å². The van der Waals surface area contributed by atoms with Gasteiger partial charge in [-0.25, -0.2) is 0 Å². The molecular formula is C15H9Cl2N3O. The molecule has 0 fully saturated rings. The Bertz CT molecular complexity index is 784. The van der Waals surface area contributed by atoms with Gasteiger partial charge in [-0.3, -0.25) is 4.79 Å². The van der Waals surface area contributed by atoms with Gasteiger partial charge < -0.3 is 5.32 Å². The van der Waals surface area contributed by atoms with Crippen LogP contribution in [0.25, 0.3) is 0 Å². The van der Waals surface area contributed by atoms with E-state index in [1.807, 2.05) is 24.3 Å². The van der Waals surface area contributed by atoms with Gasteiger partial charge in [0.05, 0.1) is 16.9 Å². The lowest BCUT2D eigenvalue weighted by Gasteiger charge is -1.97. The molecule has 4 nitrogen and oxygen atoms in total. The monoisotopic (exact) mass is 317 g/mol. The molecule has 0 saturated heterocycles. The minimum absolute atomic E-state index is 0.268. The summed E-state index contributed by atoms with van der Waals surface area (Å²) in [6, 6.07) is 12.4. The molecule has 6 heteroatoms. The van der Waals surface area contributed by atoms with Crippen LogP contribution in [0.1, 0.15) is 11.1 Å². The van der Waals surface area contributed by atoms with Gasteiger partial charge in [0.15, 0.2) is 5.71 Å². The van der Waals surface area contributed by atoms with E-state index in [9.17, 15) is 4.79 Å². The summed E-state index contributed by atoms with van der Waals surface area (Å²) >= 11 is 11.9. The first-order chi connectivity index (χ1) is 10.1. The number of anilines is 1. The smallest absolute Gasteiger partial charge is 0.276 e. The quantitative estimate of drug-likeness (QED) is 0.665. The minimum Gasteiger partial charge on any atom is -0.320 e. The summed E-state index contributed by atoms with van der Waals surface area (Å²) in [5.41, 5.74) is 2.44. The van der Waals surface area contributed by atoms with Crippen LogP contribution in [0.2, 0.25) is 10.0 Å². The SMILES string of the molecule is O=C1Nc2ccccc2/C1=N/N=C/c1ccc(Cl)cc1Cl. The number of nitrogens with one attached hydrogen (secondary N) is 1. The third-order valence-corrected chi connectivity index (χ3v) is 3.52. The fourth-order valence-corrected chi connectivity index (χ4v) is 2.41. The van der Waals surface area contributed by atoms with Gasteiger partial charge in [-0.15, -0.1) is 5.10 Å². The molecular weight excluding hydrogens is 309 g/mol. The highest BCUT2D eigenvalue weighted by Gasteiger charge is 2.25. The molecule has 0 spiro atoms. The van der Waals surface area contributed by atoms with Crippen molar-refractivity contribution in [1.29, 1.82) is 0 Å². The second-order valence-corrected chi connectivity index (χ2v) is 5.20. The first kappa shape index (κ1) is 13.8. The Morgan fingerprint density at radius 2 is 1.90 bits per heavy atom. The van der Waals surface area contributed by atoms with Crippen molar-refractivity contribution in [3.8, 4) is 0 Å². The number of carbonyl (C=O) groups is 1. The van der Waals surface area contributed by atoms with Crippen LogP contribution >= 0.6 is 23.2 Å². The van der Waals surface area contributed by atoms with Crippen LogP contribution in [0.4, 0.5) is 5.69 Å². The Morgan fingerprint density at radius 1 is 1.10 bits per heavy atom. The van der Waals surface area contributed by atoms with Gasteiger partial charge in [-0.05, 0) is 18.2 Å². The number of halogens is 2. The lowest BCUT2D eigenvalue weighted by Crippen LogP contribution is -2.13. The molecule has 0 saturated carbocycles. The van der Waals surface area contributed by atoms with Gasteiger partial charge in [0, 0.05) is 16.1 Å². The highest BCUT2D eigenvalue weighted by atomic mass is 35.5. The largest absolute Gasteiger partial charge is 0.320 e. The first-order valence-electron chi connectivity index (χ1n) is 6.12. The number of para-hydroxylation sites is 1. The summed E-state index contributed by atoms with van der Waals surface area (Å²) in [7, 11) is 0. The number of hydrogen-bond acceptors (Lipinski definition) is 3. The molecule has 3 rings (SSSR count). The van der Waals surface area contributed by atoms with Crippen molar-refractivity contribution in [2.75, 3.05) is 5.32 Å². The number of hydrogen-bond donors (Lipinski definition) is 1. The summed E-state index contributed by atoms with van der Waals surface area (Å²) < 4.78 is 0. The lowest BCUT2D eigenvalue weighted by molar-refractivity contribution is -0.110. The zero-order valence-electron chi connectivity index (χ0n) is 10.7. The van der Waals surface area contributed by atoms with Gasteiger partial charge in [-0.1, -0.05) is 47.5 Å². The molecule has 21 heavy (non-hydrogen) atoms. The molecule has 0 aliphatic carbocycles. The van der Waals surface area contributed by atoms with Crippen molar-refractivity contribution in [3.05, 3.63) is 63.6 Å². The number of amides is 1. The van der Waals surface area contributed by atoms with Crippen molar-refractivity contribution in [2.45, 2.75) is 0 Å². The molecule has 0 unspecified atom stereocenters. The van der Waals surface area contributed by atoms with E-state index in [1.54, 1.807) is 18.2 Å². The molecule has 0 aromatic heterocycles. The van der Waals surface area contributed by atoms with Crippen LogP contribution in [0, 0.1) is 0 Å². The van der Waals surface area contributed by atoms with E-state index in [4.69, 9.17) is 23.2 Å². The van der Waals surface area contributed by atoms with Crippen LogP contribution in [-0.2, 0) is 4.79 Å². The maximum Gasteiger partial charge on any atom is 0.276 e. The van der Waals surface area contributed by atoms with E-state index in [0.29, 0.717) is 15.6 Å². The van der Waals surface area contributed by atoms with Crippen molar-refractivity contribution in [3.63, 3.8) is 0 Å². The summed E-state index contributed by atoms with van der Waals surface area (Å²) in [5.74, 6) is -0.268. The predicted molar refractivity (Wildman–Crippen MR) is 85.7 cm³/mol. The third-order valence-electron chi connectivity index (χ3n) is 2.96. The van der Waals surface area contributed by atoms with Crippen molar-refractivity contribution in [2.24, 2.45) is 10.2 Å². The number of fused-ring (bicyclic) bond motifs is 1. The molecule has 104 valence electrons. The Balaban J connectivity index is 1.89. The molecule has 2 aromatic rings. The topological polar surface area (TPSA) is 53.8 Å². The minimum atomic E-state index is -0.268. The van der Waals surface area contributed by atoms with Gasteiger partial charge >= 0.3 is 0 Å². The van der Waals surface area contributed by atoms with E-state index in [1.165, 1.54) is 6.21 Å². The second-order valence-electron chi connectivity index (χ2n) is 4.36. The van der Waals surface area contributed by atoms with E-state index in [0.717, 1.165) is 11.3 Å². The summed E-state index contributed by atoms with van der Waals surface area (Å²) in [5, 5.41) is 11.7. The molecule has 0 atom stereocenters. The fourth-order valence-electron chi connectivity index (χ4n) is 1.96. The first-order valence-corrected chi connectivity index (χ1v) is 6.87. The Kier molecular flexibility index (Phi) is 3.73. The van der Waals surface area contributed by atoms with Crippen molar-refractivity contribution >= 4 is 46.7 Å². The van der Waals surface area contributed by atoms with Crippen LogP contribution in [0.15, 0.2) is 52.7 Å². The Labute approximate surface area is 131 Å². The average molecular weight is 318 g/mol. The second kappa shape index (κ2) is 5.68. The molecule has 2 aromatic carbocycles. The molecule has 1 aliphatic heterocycles. The molecule has 0 radical (unpaired) electrons. The normalized spacial score (nSPS) is 15.5. The number of benzene rings is 2. The van der Waals surface area contributed by atoms with E-state index in [2.05, 4.69) is 15.5 Å². The zero-order chi connectivity index (χ0) is 14.8. The standard InChI is InChI=1S/C15H9Cl2N3O/c16-10-6-5-9(12(17)7-10)8-18-20-14-11-3-1-2-4-13(11)19-15(14)21/h1-8H,(H,19,20,21)/b18-8+. The van der Waals surface area contributed by atoms with Gasteiger partial charge in [0.25, 0.3) is 5.91 Å². The van der Waals surface area contributed by atoms with E-state index >= 15 is 0 Å². The van der Waals surface area contributed by atoms with Crippen molar-refractivity contribution in [1.82, 2.24) is 0 Å². The van der Waals surface area contributed by atoms with Crippen LogP contribution < -0.4 is 5.32 Å². The highest BCUT2D eigenvalue weighted by Crippen LogP contribution is 2.23. The van der Waals surface area contributed by atoms with Crippen molar-refractivity contribution < 1.29 is 4.79 Å². The number of rotatable bonds is 2. The Hall–Kier alpha value is -2.17. The predicted octanol–water partition coefficient (Wildman–Crippen LogP) is 3.77. The summed E-state index contributed by atoms with van der Waals surface area (Å²) in [6.07, 6.45) is 1.49. The van der Waals surface area contributed by atoms with E-state index < -0.39 is 0 Å². The summed E-state index contributed by atoms with van der Waals surface area (Å²) in [6.45, 7) is 0. The van der Waals surface area contributed by atoms with E-state index in [-0.39, 0.29) is 11.6 Å². The molecule has 1 N–H and O–H groups in total. The zero-order valence-corrected chi connectivity index (χ0v) is 12.2. The molecule has 0 bridgehead atoms. The number of carbonyl (C=O) groups excluding carboxylic acids is 1. The molecule has 1 heterocycles. The lowest BCUT2D eigenvalue weighted by atomic mass is 10.1. The maximum absolute atomic E-state index is 11.8. The fraction of sp³-hybridized carbons (Fsp3) is 0.